The average Bonchev–Trinajstić information content (AvgIpc) is 2.76. The topological polar surface area (TPSA) is 54.5 Å². The molecule has 2 heterocycles. The van der Waals surface area contributed by atoms with Gasteiger partial charge in [0.2, 0.25) is 0 Å². The molecule has 0 unspecified atom stereocenters. The number of ether oxygens (including phenoxy) is 1. The Morgan fingerprint density at radius 1 is 0.966 bits per heavy atom. The molecule has 1 amide bonds. The summed E-state index contributed by atoms with van der Waals surface area (Å²) in [6.45, 7) is 3.85. The minimum absolute atomic E-state index is 0.00663. The van der Waals surface area contributed by atoms with Crippen molar-refractivity contribution in [2.45, 2.75) is 19.8 Å². The number of nitrogens with zero attached hydrogens (tertiary/aromatic N) is 2. The predicted octanol–water partition coefficient (Wildman–Crippen LogP) is 5.49. The van der Waals surface area contributed by atoms with Gasteiger partial charge in [-0.2, -0.15) is 0 Å². The smallest absolute Gasteiger partial charge is 0.272 e. The van der Waals surface area contributed by atoms with Gasteiger partial charge in [-0.15, -0.1) is 0 Å². The molecule has 0 saturated carbocycles. The van der Waals surface area contributed by atoms with E-state index >= 15 is 0 Å². The van der Waals surface area contributed by atoms with Gasteiger partial charge in [0.1, 0.15) is 17.2 Å². The second-order valence-corrected chi connectivity index (χ2v) is 7.47. The third kappa shape index (κ3) is 4.93. The lowest BCUT2D eigenvalue weighted by Gasteiger charge is -2.30. The van der Waals surface area contributed by atoms with Crippen LogP contribution in [0.15, 0.2) is 72.9 Å². The van der Waals surface area contributed by atoms with Crippen LogP contribution in [0.1, 0.15) is 30.3 Å². The highest BCUT2D eigenvalue weighted by molar-refractivity contribution is 5.93. The molecule has 148 valence electrons. The molecule has 0 aliphatic carbocycles. The van der Waals surface area contributed by atoms with E-state index in [1.807, 2.05) is 71.6 Å². The quantitative estimate of drug-likeness (QED) is 0.629. The van der Waals surface area contributed by atoms with Crippen LogP contribution in [0, 0.1) is 5.92 Å². The number of anilines is 2. The predicted molar refractivity (Wildman–Crippen MR) is 115 cm³/mol. The highest BCUT2D eigenvalue weighted by atomic mass is 16.5. The number of para-hydroxylation sites is 1. The zero-order valence-electron chi connectivity index (χ0n) is 16.5. The largest absolute Gasteiger partial charge is 0.457 e. The van der Waals surface area contributed by atoms with E-state index in [1.54, 1.807) is 6.20 Å². The first-order valence-corrected chi connectivity index (χ1v) is 10.0. The SMILES string of the molecule is CC1CCN(C(=O)c2cc(Nc3ccc(Oc4ccccc4)cc3)ccn2)CC1. The van der Waals surface area contributed by atoms with E-state index in [2.05, 4.69) is 17.2 Å². The maximum atomic E-state index is 12.7. The summed E-state index contributed by atoms with van der Waals surface area (Å²) in [7, 11) is 0. The van der Waals surface area contributed by atoms with Crippen LogP contribution in [0.4, 0.5) is 11.4 Å². The molecule has 1 fully saturated rings. The fraction of sp³-hybridized carbons (Fsp3) is 0.250. The van der Waals surface area contributed by atoms with Gasteiger partial charge in [0.05, 0.1) is 0 Å². The van der Waals surface area contributed by atoms with Crippen molar-refractivity contribution >= 4 is 17.3 Å². The summed E-state index contributed by atoms with van der Waals surface area (Å²) in [5, 5.41) is 3.33. The van der Waals surface area contributed by atoms with Gasteiger partial charge in [-0.25, -0.2) is 0 Å². The number of amides is 1. The Balaban J connectivity index is 1.40. The van der Waals surface area contributed by atoms with Crippen LogP contribution in [0.3, 0.4) is 0 Å². The van der Waals surface area contributed by atoms with Crippen LogP contribution >= 0.6 is 0 Å². The van der Waals surface area contributed by atoms with Crippen LogP contribution in [-0.4, -0.2) is 28.9 Å². The Hall–Kier alpha value is -3.34. The maximum Gasteiger partial charge on any atom is 0.272 e. The molecule has 0 atom stereocenters. The number of aromatic nitrogens is 1. The monoisotopic (exact) mass is 387 g/mol. The molecule has 1 aromatic heterocycles. The fourth-order valence-electron chi connectivity index (χ4n) is 3.40. The van der Waals surface area contributed by atoms with E-state index in [-0.39, 0.29) is 5.91 Å². The number of likely N-dealkylation sites (tertiary alicyclic amines) is 1. The highest BCUT2D eigenvalue weighted by Crippen LogP contribution is 2.25. The lowest BCUT2D eigenvalue weighted by atomic mass is 9.99. The lowest BCUT2D eigenvalue weighted by molar-refractivity contribution is 0.0691. The van der Waals surface area contributed by atoms with Crippen molar-refractivity contribution in [1.29, 1.82) is 0 Å². The van der Waals surface area contributed by atoms with Crippen molar-refractivity contribution < 1.29 is 9.53 Å². The summed E-state index contributed by atoms with van der Waals surface area (Å²) in [6.07, 6.45) is 3.79. The van der Waals surface area contributed by atoms with Crippen LogP contribution in [0.2, 0.25) is 0 Å². The summed E-state index contributed by atoms with van der Waals surface area (Å²) in [4.78, 5) is 18.9. The van der Waals surface area contributed by atoms with Crippen molar-refractivity contribution in [3.63, 3.8) is 0 Å². The van der Waals surface area contributed by atoms with Gasteiger partial charge in [0.25, 0.3) is 5.91 Å². The van der Waals surface area contributed by atoms with Gasteiger partial charge in [-0.1, -0.05) is 25.1 Å². The third-order valence-corrected chi connectivity index (χ3v) is 5.17. The first-order chi connectivity index (χ1) is 14.2. The van der Waals surface area contributed by atoms with Crippen LogP contribution in [0.25, 0.3) is 0 Å². The van der Waals surface area contributed by atoms with E-state index < -0.39 is 0 Å². The Labute approximate surface area is 171 Å². The molecular formula is C24H25N3O2. The number of hydrogen-bond acceptors (Lipinski definition) is 4. The molecular weight excluding hydrogens is 362 g/mol. The summed E-state index contributed by atoms with van der Waals surface area (Å²) in [5.41, 5.74) is 2.24. The molecule has 1 aliphatic heterocycles. The van der Waals surface area contributed by atoms with E-state index in [0.717, 1.165) is 48.8 Å². The molecule has 29 heavy (non-hydrogen) atoms. The number of pyridine rings is 1. The molecule has 1 saturated heterocycles. The van der Waals surface area contributed by atoms with Crippen LogP contribution in [-0.2, 0) is 0 Å². The second-order valence-electron chi connectivity index (χ2n) is 7.47. The Morgan fingerprint density at radius 3 is 2.38 bits per heavy atom. The van der Waals surface area contributed by atoms with Crippen molar-refractivity contribution in [1.82, 2.24) is 9.88 Å². The summed E-state index contributed by atoms with van der Waals surface area (Å²) >= 11 is 0. The number of piperidine rings is 1. The third-order valence-electron chi connectivity index (χ3n) is 5.17. The van der Waals surface area contributed by atoms with Crippen molar-refractivity contribution in [3.8, 4) is 11.5 Å². The molecule has 0 spiro atoms. The van der Waals surface area contributed by atoms with Gasteiger partial charge in [-0.05, 0) is 67.3 Å². The van der Waals surface area contributed by atoms with Crippen molar-refractivity contribution in [3.05, 3.63) is 78.6 Å². The molecule has 2 aromatic carbocycles. The Kier molecular flexibility index (Phi) is 5.75. The number of carbonyl (C=O) groups is 1. The summed E-state index contributed by atoms with van der Waals surface area (Å²) in [6, 6.07) is 21.1. The average molecular weight is 387 g/mol. The molecule has 0 bridgehead atoms. The molecule has 1 N–H and O–H groups in total. The standard InChI is InChI=1S/C24H25N3O2/c1-18-12-15-27(16-13-18)24(28)23-17-20(11-14-25-23)26-19-7-9-22(10-8-19)29-21-5-3-2-4-6-21/h2-11,14,17-18H,12-13,15-16H2,1H3,(H,25,26). The van der Waals surface area contributed by atoms with E-state index in [0.29, 0.717) is 11.6 Å². The van der Waals surface area contributed by atoms with Gasteiger partial charge in [-0.3, -0.25) is 9.78 Å². The molecule has 4 rings (SSSR count). The van der Waals surface area contributed by atoms with Crippen LogP contribution in [0.5, 0.6) is 11.5 Å². The second kappa shape index (κ2) is 8.78. The lowest BCUT2D eigenvalue weighted by Crippen LogP contribution is -2.38. The molecule has 5 nitrogen and oxygen atoms in total. The Bertz CT molecular complexity index is 949. The van der Waals surface area contributed by atoms with Crippen molar-refractivity contribution in [2.24, 2.45) is 5.92 Å². The zero-order valence-corrected chi connectivity index (χ0v) is 16.5. The van der Waals surface area contributed by atoms with E-state index in [9.17, 15) is 4.79 Å². The minimum atomic E-state index is 0.00663. The van der Waals surface area contributed by atoms with E-state index in [1.165, 1.54) is 0 Å². The number of carbonyl (C=O) groups excluding carboxylic acids is 1. The highest BCUT2D eigenvalue weighted by Gasteiger charge is 2.22. The fourth-order valence-corrected chi connectivity index (χ4v) is 3.40. The number of hydrogen-bond donors (Lipinski definition) is 1. The first-order valence-electron chi connectivity index (χ1n) is 10.0. The van der Waals surface area contributed by atoms with Gasteiger partial charge in [0, 0.05) is 30.7 Å². The summed E-state index contributed by atoms with van der Waals surface area (Å²) in [5.74, 6) is 2.27. The molecule has 0 radical (unpaired) electrons. The molecule has 1 aliphatic rings. The van der Waals surface area contributed by atoms with E-state index in [4.69, 9.17) is 4.74 Å². The number of rotatable bonds is 5. The minimum Gasteiger partial charge on any atom is -0.457 e. The zero-order chi connectivity index (χ0) is 20.1. The molecule has 5 heteroatoms. The summed E-state index contributed by atoms with van der Waals surface area (Å²) < 4.78 is 5.82. The van der Waals surface area contributed by atoms with Gasteiger partial charge in [0.15, 0.2) is 0 Å². The molecule has 3 aromatic rings. The first kappa shape index (κ1) is 19.0. The Morgan fingerprint density at radius 2 is 1.66 bits per heavy atom. The van der Waals surface area contributed by atoms with Gasteiger partial charge >= 0.3 is 0 Å². The van der Waals surface area contributed by atoms with Crippen molar-refractivity contribution in [2.75, 3.05) is 18.4 Å². The number of benzene rings is 2. The van der Waals surface area contributed by atoms with Crippen LogP contribution < -0.4 is 10.1 Å². The normalized spacial score (nSPS) is 14.4. The number of nitrogens with one attached hydrogen (secondary N) is 1. The maximum absolute atomic E-state index is 12.7. The van der Waals surface area contributed by atoms with Gasteiger partial charge < -0.3 is 15.0 Å².